The van der Waals surface area contributed by atoms with Crippen molar-refractivity contribution in [3.8, 4) is 0 Å². The molecule has 0 aromatic heterocycles. The zero-order valence-corrected chi connectivity index (χ0v) is 26.4. The highest BCUT2D eigenvalue weighted by Gasteiger charge is 2.25. The minimum Gasteiger partial charge on any atom is -0.466 e. The molecule has 222 valence electrons. The maximum Gasteiger partial charge on any atom is 0.472 e. The number of rotatable bonds is 27. The van der Waals surface area contributed by atoms with E-state index in [4.69, 9.17) is 13.8 Å². The minimum absolute atomic E-state index is 0.00269. The Bertz CT molecular complexity index is 588. The number of hydrogen-bond acceptors (Lipinski definition) is 6. The van der Waals surface area contributed by atoms with Crippen LogP contribution in [-0.4, -0.2) is 74.4 Å². The summed E-state index contributed by atoms with van der Waals surface area (Å²) in [5.74, 6) is 1.23. The van der Waals surface area contributed by atoms with Gasteiger partial charge in [0.1, 0.15) is 13.2 Å². The first-order chi connectivity index (χ1) is 17.6. The van der Waals surface area contributed by atoms with Crippen molar-refractivity contribution < 1.29 is 32.5 Å². The molecule has 0 saturated carbocycles. The van der Waals surface area contributed by atoms with Crippen LogP contribution in [-0.2, 0) is 23.1 Å². The molecule has 0 rings (SSSR count). The minimum atomic E-state index is -4.14. The van der Waals surface area contributed by atoms with Crippen LogP contribution in [0.15, 0.2) is 0 Å². The molecular weight excluding hydrogens is 509 g/mol. The largest absolute Gasteiger partial charge is 0.472 e. The smallest absolute Gasteiger partial charge is 0.466 e. The molecular formula is C28H59NO6PS+. The van der Waals surface area contributed by atoms with E-state index < -0.39 is 7.82 Å². The van der Waals surface area contributed by atoms with E-state index in [2.05, 4.69) is 6.92 Å². The first-order valence-electron chi connectivity index (χ1n) is 14.7. The number of esters is 1. The highest BCUT2D eigenvalue weighted by atomic mass is 32.2. The van der Waals surface area contributed by atoms with Crippen LogP contribution in [0, 0.1) is 5.92 Å². The number of carbonyl (C=O) groups is 1. The molecule has 0 bridgehead atoms. The van der Waals surface area contributed by atoms with Crippen LogP contribution in [0.25, 0.3) is 0 Å². The Labute approximate surface area is 233 Å². The molecule has 0 aliphatic rings. The van der Waals surface area contributed by atoms with Crippen molar-refractivity contribution in [2.45, 2.75) is 110 Å². The number of quaternary nitrogens is 1. The standard InChI is InChI=1S/C28H58NO6PS/c1-6-8-9-10-11-12-13-14-15-16-17-18-19-20-23-37-26-27(24-28(30)33-7-2)25-35-36(31,32)34-22-21-29(3,4)5/h27H,6-26H2,1-5H3/p+1. The van der Waals surface area contributed by atoms with Crippen LogP contribution >= 0.6 is 19.6 Å². The van der Waals surface area contributed by atoms with Gasteiger partial charge in [-0.15, -0.1) is 0 Å². The topological polar surface area (TPSA) is 82.1 Å². The van der Waals surface area contributed by atoms with E-state index in [-0.39, 0.29) is 31.5 Å². The summed E-state index contributed by atoms with van der Waals surface area (Å²) in [6.07, 6.45) is 19.0. The fourth-order valence-electron chi connectivity index (χ4n) is 3.94. The van der Waals surface area contributed by atoms with Crippen LogP contribution in [0.4, 0.5) is 0 Å². The molecule has 0 aromatic carbocycles. The summed E-state index contributed by atoms with van der Waals surface area (Å²) < 4.78 is 28.2. The quantitative estimate of drug-likeness (QED) is 0.0473. The molecule has 0 radical (unpaired) electrons. The van der Waals surface area contributed by atoms with Crippen molar-refractivity contribution in [3.05, 3.63) is 0 Å². The summed E-state index contributed by atoms with van der Waals surface area (Å²) >= 11 is 1.78. The second-order valence-electron chi connectivity index (χ2n) is 11.2. The Hall–Kier alpha value is -0.110. The molecule has 0 saturated heterocycles. The lowest BCUT2D eigenvalue weighted by Gasteiger charge is -2.24. The lowest BCUT2D eigenvalue weighted by atomic mass is 10.0. The average Bonchev–Trinajstić information content (AvgIpc) is 2.81. The van der Waals surface area contributed by atoms with E-state index in [0.29, 0.717) is 23.4 Å². The van der Waals surface area contributed by atoms with Gasteiger partial charge < -0.3 is 14.1 Å². The van der Waals surface area contributed by atoms with Gasteiger partial charge in [-0.1, -0.05) is 90.4 Å². The van der Waals surface area contributed by atoms with Gasteiger partial charge in [0.2, 0.25) is 0 Å². The van der Waals surface area contributed by atoms with Crippen LogP contribution in [0.1, 0.15) is 110 Å². The van der Waals surface area contributed by atoms with Gasteiger partial charge in [0.25, 0.3) is 0 Å². The van der Waals surface area contributed by atoms with Crippen molar-refractivity contribution in [3.63, 3.8) is 0 Å². The number of phosphoric ester groups is 1. The second kappa shape index (κ2) is 23.7. The monoisotopic (exact) mass is 568 g/mol. The molecule has 7 nitrogen and oxygen atoms in total. The molecule has 0 aliphatic carbocycles. The number of unbranched alkanes of at least 4 members (excludes halogenated alkanes) is 13. The van der Waals surface area contributed by atoms with Gasteiger partial charge in [-0.25, -0.2) is 4.57 Å². The number of ether oxygens (including phenoxy) is 1. The Morgan fingerprint density at radius 2 is 1.35 bits per heavy atom. The van der Waals surface area contributed by atoms with E-state index >= 15 is 0 Å². The predicted molar refractivity (Wildman–Crippen MR) is 157 cm³/mol. The Balaban J connectivity index is 3.96. The van der Waals surface area contributed by atoms with Gasteiger partial charge >= 0.3 is 13.8 Å². The fourth-order valence-corrected chi connectivity index (χ4v) is 5.85. The number of likely N-dealkylation sites (N-methyl/N-ethyl adjacent to an activating group) is 1. The lowest BCUT2D eigenvalue weighted by Crippen LogP contribution is -2.37. The maximum atomic E-state index is 12.2. The zero-order chi connectivity index (χ0) is 27.8. The van der Waals surface area contributed by atoms with Gasteiger partial charge in [-0.2, -0.15) is 11.8 Å². The lowest BCUT2D eigenvalue weighted by molar-refractivity contribution is -0.870. The van der Waals surface area contributed by atoms with Crippen LogP contribution in [0.2, 0.25) is 0 Å². The molecule has 2 atom stereocenters. The summed E-state index contributed by atoms with van der Waals surface area (Å²) in [4.78, 5) is 22.0. The third kappa shape index (κ3) is 27.3. The van der Waals surface area contributed by atoms with Gasteiger partial charge in [0.15, 0.2) is 0 Å². The zero-order valence-electron chi connectivity index (χ0n) is 24.7. The van der Waals surface area contributed by atoms with E-state index in [1.54, 1.807) is 18.7 Å². The van der Waals surface area contributed by atoms with Gasteiger partial charge in [-0.3, -0.25) is 13.8 Å². The number of nitrogens with zero attached hydrogens (tertiary/aromatic N) is 1. The molecule has 37 heavy (non-hydrogen) atoms. The van der Waals surface area contributed by atoms with E-state index in [1.807, 2.05) is 21.1 Å². The molecule has 1 N–H and O–H groups in total. The second-order valence-corrected chi connectivity index (χ2v) is 13.8. The summed E-state index contributed by atoms with van der Waals surface area (Å²) in [5.41, 5.74) is 0. The molecule has 0 spiro atoms. The average molecular weight is 569 g/mol. The van der Waals surface area contributed by atoms with Crippen molar-refractivity contribution in [2.24, 2.45) is 5.92 Å². The van der Waals surface area contributed by atoms with Gasteiger partial charge in [0.05, 0.1) is 40.8 Å². The number of hydrogen-bond donors (Lipinski definition) is 1. The number of phosphoric acid groups is 1. The molecule has 0 aromatic rings. The number of carbonyl (C=O) groups excluding carboxylic acids is 1. The molecule has 0 heterocycles. The highest BCUT2D eigenvalue weighted by Crippen LogP contribution is 2.43. The summed E-state index contributed by atoms with van der Waals surface area (Å²) in [5, 5.41) is 0. The van der Waals surface area contributed by atoms with Gasteiger partial charge in [0, 0.05) is 5.92 Å². The Kier molecular flexibility index (Phi) is 23.7. The summed E-state index contributed by atoms with van der Waals surface area (Å²) in [6, 6.07) is 0. The third-order valence-electron chi connectivity index (χ3n) is 6.25. The molecule has 0 fully saturated rings. The van der Waals surface area contributed by atoms with Crippen molar-refractivity contribution in [1.82, 2.24) is 0 Å². The van der Waals surface area contributed by atoms with Gasteiger partial charge in [-0.05, 0) is 24.9 Å². The Morgan fingerprint density at radius 1 is 0.838 bits per heavy atom. The van der Waals surface area contributed by atoms with E-state index in [1.165, 1.54) is 83.5 Å². The van der Waals surface area contributed by atoms with E-state index in [0.717, 1.165) is 12.2 Å². The molecule has 0 aliphatic heterocycles. The predicted octanol–water partition coefficient (Wildman–Crippen LogP) is 7.61. The SMILES string of the molecule is CCCCCCCCCCCCCCCCSCC(COP(=O)(O)OCC[N+](C)(C)C)CC(=O)OCC. The van der Waals surface area contributed by atoms with Crippen molar-refractivity contribution in [2.75, 3.05) is 59.0 Å². The Morgan fingerprint density at radius 3 is 1.84 bits per heavy atom. The summed E-state index contributed by atoms with van der Waals surface area (Å²) in [6.45, 7) is 5.10. The van der Waals surface area contributed by atoms with Crippen molar-refractivity contribution >= 4 is 25.6 Å². The van der Waals surface area contributed by atoms with Crippen molar-refractivity contribution in [1.29, 1.82) is 0 Å². The molecule has 0 amide bonds. The van der Waals surface area contributed by atoms with Crippen LogP contribution in [0.3, 0.4) is 0 Å². The normalized spacial score (nSPS) is 14.4. The highest BCUT2D eigenvalue weighted by molar-refractivity contribution is 7.99. The first kappa shape index (κ1) is 36.9. The summed E-state index contributed by atoms with van der Waals surface area (Å²) in [7, 11) is 1.81. The third-order valence-corrected chi connectivity index (χ3v) is 8.52. The van der Waals surface area contributed by atoms with Crippen LogP contribution < -0.4 is 0 Å². The number of thioether (sulfide) groups is 1. The maximum absolute atomic E-state index is 12.2. The fraction of sp³-hybridized carbons (Fsp3) is 0.964. The molecule has 2 unspecified atom stereocenters. The molecule has 9 heteroatoms. The first-order valence-corrected chi connectivity index (χ1v) is 17.4. The van der Waals surface area contributed by atoms with Crippen LogP contribution in [0.5, 0.6) is 0 Å². The van der Waals surface area contributed by atoms with E-state index in [9.17, 15) is 14.3 Å².